The molecule has 21 heavy (non-hydrogen) atoms. The lowest BCUT2D eigenvalue weighted by Crippen LogP contribution is -2.36. The Bertz CT molecular complexity index is 626. The van der Waals surface area contributed by atoms with Gasteiger partial charge in [0.25, 0.3) is 0 Å². The van der Waals surface area contributed by atoms with Crippen LogP contribution >= 0.6 is 0 Å². The predicted molar refractivity (Wildman–Crippen MR) is 71.7 cm³/mol. The number of nitrogens with zero attached hydrogens (tertiary/aromatic N) is 6. The standard InChI is InChI=1S/C10H15N6.BF4/c1-14(2)10(15(3)4)16-9-8(12-13-16)6-5-7-11-9;2-1(3,4)5/h5-7H,1-4H3;/q+1;-1. The molecule has 11 heteroatoms. The van der Waals surface area contributed by atoms with Crippen LogP contribution in [0.1, 0.15) is 0 Å². The first kappa shape index (κ1) is 16.9. The molecule has 2 aromatic rings. The van der Waals surface area contributed by atoms with Crippen molar-refractivity contribution in [3.63, 3.8) is 0 Å². The first-order valence-electron chi connectivity index (χ1n) is 5.87. The van der Waals surface area contributed by atoms with Crippen LogP contribution in [0.3, 0.4) is 0 Å². The Morgan fingerprint density at radius 2 is 1.81 bits per heavy atom. The van der Waals surface area contributed by atoms with Crippen molar-refractivity contribution in [2.45, 2.75) is 0 Å². The molecule has 0 atom stereocenters. The van der Waals surface area contributed by atoms with Crippen LogP contribution in [0, 0.1) is 0 Å². The zero-order valence-corrected chi connectivity index (χ0v) is 12.0. The summed E-state index contributed by atoms with van der Waals surface area (Å²) in [6.07, 6.45) is 1.74. The first-order chi connectivity index (χ1) is 9.61. The van der Waals surface area contributed by atoms with Gasteiger partial charge in [-0.15, -0.1) is 5.10 Å². The summed E-state index contributed by atoms with van der Waals surface area (Å²) < 4.78 is 42.7. The maximum Gasteiger partial charge on any atom is 0.673 e. The van der Waals surface area contributed by atoms with Crippen LogP contribution in [0.5, 0.6) is 0 Å². The van der Waals surface area contributed by atoms with Crippen LogP contribution in [0.15, 0.2) is 18.3 Å². The maximum absolute atomic E-state index is 9.75. The van der Waals surface area contributed by atoms with Crippen molar-refractivity contribution in [2.24, 2.45) is 0 Å². The SMILES string of the molecule is CN(C)C(n1nnc2cccnc21)=[N+](C)C.F[B-](F)(F)F. The molecule has 0 aliphatic carbocycles. The summed E-state index contributed by atoms with van der Waals surface area (Å²) in [5, 5.41) is 8.20. The lowest BCUT2D eigenvalue weighted by molar-refractivity contribution is -0.472. The van der Waals surface area contributed by atoms with E-state index in [0.29, 0.717) is 0 Å². The molecule has 116 valence electrons. The van der Waals surface area contributed by atoms with Gasteiger partial charge in [-0.25, -0.2) is 4.98 Å². The van der Waals surface area contributed by atoms with E-state index in [0.717, 1.165) is 17.1 Å². The molecule has 0 saturated carbocycles. The quantitative estimate of drug-likeness (QED) is 0.241. The molecule has 2 aromatic heterocycles. The second-order valence-electron chi connectivity index (χ2n) is 4.43. The minimum atomic E-state index is -6.00. The van der Waals surface area contributed by atoms with Gasteiger partial charge in [-0.3, -0.25) is 9.48 Å². The zero-order valence-electron chi connectivity index (χ0n) is 12.0. The minimum Gasteiger partial charge on any atom is -0.418 e. The fraction of sp³-hybridized carbons (Fsp3) is 0.400. The largest absolute Gasteiger partial charge is 0.673 e. The highest BCUT2D eigenvalue weighted by molar-refractivity contribution is 6.50. The van der Waals surface area contributed by atoms with E-state index in [9.17, 15) is 17.3 Å². The van der Waals surface area contributed by atoms with Crippen molar-refractivity contribution in [1.29, 1.82) is 0 Å². The monoisotopic (exact) mass is 306 g/mol. The van der Waals surface area contributed by atoms with Gasteiger partial charge in [0.05, 0.1) is 28.2 Å². The average Bonchev–Trinajstić information content (AvgIpc) is 2.70. The maximum atomic E-state index is 9.75. The van der Waals surface area contributed by atoms with Crippen molar-refractivity contribution >= 4 is 24.4 Å². The van der Waals surface area contributed by atoms with Crippen LogP contribution in [0.25, 0.3) is 11.2 Å². The van der Waals surface area contributed by atoms with Crippen molar-refractivity contribution in [1.82, 2.24) is 24.9 Å². The second kappa shape index (κ2) is 6.50. The van der Waals surface area contributed by atoms with Gasteiger partial charge in [0, 0.05) is 11.4 Å². The fourth-order valence-corrected chi connectivity index (χ4v) is 1.68. The molecule has 0 N–H and O–H groups in total. The van der Waals surface area contributed by atoms with Crippen molar-refractivity contribution in [3.8, 4) is 0 Å². The Morgan fingerprint density at radius 1 is 1.24 bits per heavy atom. The van der Waals surface area contributed by atoms with Crippen molar-refractivity contribution in [3.05, 3.63) is 18.3 Å². The van der Waals surface area contributed by atoms with E-state index in [-0.39, 0.29) is 0 Å². The van der Waals surface area contributed by atoms with Gasteiger partial charge in [-0.2, -0.15) is 0 Å². The summed E-state index contributed by atoms with van der Waals surface area (Å²) in [6.45, 7) is 0. The van der Waals surface area contributed by atoms with Gasteiger partial charge in [-0.05, 0) is 12.1 Å². The molecule has 0 bridgehead atoms. The molecule has 0 saturated heterocycles. The zero-order chi connectivity index (χ0) is 16.2. The Labute approximate surface area is 118 Å². The van der Waals surface area contributed by atoms with Gasteiger partial charge >= 0.3 is 13.2 Å². The summed E-state index contributed by atoms with van der Waals surface area (Å²) >= 11 is 0. The van der Waals surface area contributed by atoms with E-state index < -0.39 is 7.25 Å². The molecule has 0 aromatic carbocycles. The van der Waals surface area contributed by atoms with Gasteiger partial charge in [-0.1, -0.05) is 4.68 Å². The molecule has 0 spiro atoms. The van der Waals surface area contributed by atoms with E-state index in [1.165, 1.54) is 0 Å². The van der Waals surface area contributed by atoms with Crippen LogP contribution < -0.4 is 0 Å². The van der Waals surface area contributed by atoms with Crippen LogP contribution in [0.4, 0.5) is 17.3 Å². The summed E-state index contributed by atoms with van der Waals surface area (Å²) in [5.74, 6) is 0.918. The van der Waals surface area contributed by atoms with E-state index in [1.54, 1.807) is 10.9 Å². The second-order valence-corrected chi connectivity index (χ2v) is 4.43. The molecule has 2 heterocycles. The Morgan fingerprint density at radius 3 is 2.29 bits per heavy atom. The Hall–Kier alpha value is -2.20. The molecule has 6 nitrogen and oxygen atoms in total. The van der Waals surface area contributed by atoms with Crippen molar-refractivity contribution < 1.29 is 21.8 Å². The number of halogens is 4. The van der Waals surface area contributed by atoms with Crippen LogP contribution in [-0.4, -0.2) is 70.9 Å². The number of hydrogen-bond acceptors (Lipinski definition) is 3. The minimum absolute atomic E-state index is 0.764. The number of hydrogen-bond donors (Lipinski definition) is 0. The topological polar surface area (TPSA) is 49.9 Å². The molecular weight excluding hydrogens is 291 g/mol. The van der Waals surface area contributed by atoms with Crippen LogP contribution in [-0.2, 0) is 0 Å². The lowest BCUT2D eigenvalue weighted by atomic mass is 10.3. The average molecular weight is 306 g/mol. The molecular formula is C10H15BF4N6. The number of rotatable bonds is 0. The van der Waals surface area contributed by atoms with E-state index >= 15 is 0 Å². The normalized spacial score (nSPS) is 10.9. The Balaban J connectivity index is 0.000000383. The van der Waals surface area contributed by atoms with E-state index in [4.69, 9.17) is 0 Å². The molecule has 0 aliphatic rings. The molecule has 0 unspecified atom stereocenters. The summed E-state index contributed by atoms with van der Waals surface area (Å²) in [7, 11) is 1.86. The van der Waals surface area contributed by atoms with Crippen molar-refractivity contribution in [2.75, 3.05) is 28.2 Å². The number of fused-ring (bicyclic) bond motifs is 1. The fourth-order valence-electron chi connectivity index (χ4n) is 1.68. The molecule has 0 amide bonds. The molecule has 2 rings (SSSR count). The molecule has 0 aliphatic heterocycles. The molecule has 0 radical (unpaired) electrons. The lowest BCUT2D eigenvalue weighted by Gasteiger charge is -2.09. The highest BCUT2D eigenvalue weighted by Crippen LogP contribution is 2.07. The van der Waals surface area contributed by atoms with E-state index in [2.05, 4.69) is 15.3 Å². The van der Waals surface area contributed by atoms with Gasteiger partial charge < -0.3 is 17.3 Å². The Kier molecular flexibility index (Phi) is 5.22. The van der Waals surface area contributed by atoms with Gasteiger partial charge in [0.2, 0.25) is 5.65 Å². The molecule has 0 fully saturated rings. The first-order valence-corrected chi connectivity index (χ1v) is 5.87. The number of aromatic nitrogens is 4. The van der Waals surface area contributed by atoms with Gasteiger partial charge in [0.15, 0.2) is 0 Å². The summed E-state index contributed by atoms with van der Waals surface area (Å²) in [4.78, 5) is 6.27. The third-order valence-electron chi connectivity index (χ3n) is 2.20. The summed E-state index contributed by atoms with van der Waals surface area (Å²) in [6, 6.07) is 3.75. The number of pyridine rings is 1. The highest BCUT2D eigenvalue weighted by atomic mass is 19.5. The van der Waals surface area contributed by atoms with E-state index in [1.807, 2.05) is 49.8 Å². The smallest absolute Gasteiger partial charge is 0.418 e. The summed E-state index contributed by atoms with van der Waals surface area (Å²) in [5.41, 5.74) is 1.56. The highest BCUT2D eigenvalue weighted by Gasteiger charge is 2.21. The van der Waals surface area contributed by atoms with Gasteiger partial charge in [0.1, 0.15) is 5.52 Å². The van der Waals surface area contributed by atoms with Crippen LogP contribution in [0.2, 0.25) is 0 Å². The third kappa shape index (κ3) is 5.01. The predicted octanol–water partition coefficient (Wildman–Crippen LogP) is 1.16. The third-order valence-corrected chi connectivity index (χ3v) is 2.20.